The van der Waals surface area contributed by atoms with Crippen LogP contribution in [0.15, 0.2) is 24.3 Å². The summed E-state index contributed by atoms with van der Waals surface area (Å²) in [6.07, 6.45) is 0.915. The molecule has 1 aromatic carbocycles. The van der Waals surface area contributed by atoms with Crippen LogP contribution in [-0.2, 0) is 11.2 Å². The highest BCUT2D eigenvalue weighted by Crippen LogP contribution is 2.18. The minimum Gasteiger partial charge on any atom is -0.493 e. The van der Waals surface area contributed by atoms with Crippen LogP contribution in [-0.4, -0.2) is 30.8 Å². The second kappa shape index (κ2) is 7.68. The topological polar surface area (TPSA) is 58.6 Å². The zero-order chi connectivity index (χ0) is 12.5. The predicted molar refractivity (Wildman–Crippen MR) is 66.0 cm³/mol. The average Bonchev–Trinajstić information content (AvgIpc) is 2.32. The Morgan fingerprint density at radius 1 is 1.41 bits per heavy atom. The number of ether oxygens (including phenoxy) is 1. The number of carbonyl (C=O) groups is 1. The molecule has 94 valence electrons. The lowest BCUT2D eigenvalue weighted by molar-refractivity contribution is -0.121. The molecule has 0 atom stereocenters. The minimum absolute atomic E-state index is 0.00728. The van der Waals surface area contributed by atoms with Crippen LogP contribution in [0, 0.1) is 0 Å². The maximum absolute atomic E-state index is 11.2. The number of aliphatic hydroxyl groups is 1. The maximum atomic E-state index is 11.2. The summed E-state index contributed by atoms with van der Waals surface area (Å²) in [6, 6.07) is 7.55. The molecule has 4 nitrogen and oxygen atoms in total. The fourth-order valence-electron chi connectivity index (χ4n) is 1.51. The summed E-state index contributed by atoms with van der Waals surface area (Å²) in [5.41, 5.74) is 0.964. The minimum atomic E-state index is -0.00728. The molecule has 0 aromatic heterocycles. The first kappa shape index (κ1) is 13.5. The molecule has 1 rings (SSSR count). The van der Waals surface area contributed by atoms with E-state index in [1.807, 2.05) is 31.2 Å². The number of hydrogen-bond donors (Lipinski definition) is 2. The van der Waals surface area contributed by atoms with Gasteiger partial charge in [0.25, 0.3) is 0 Å². The number of nitrogens with one attached hydrogen (secondary N) is 1. The summed E-state index contributed by atoms with van der Waals surface area (Å²) in [4.78, 5) is 11.2. The molecule has 0 spiro atoms. The van der Waals surface area contributed by atoms with Gasteiger partial charge in [0.05, 0.1) is 13.0 Å². The molecule has 4 heteroatoms. The van der Waals surface area contributed by atoms with Gasteiger partial charge in [-0.25, -0.2) is 0 Å². The monoisotopic (exact) mass is 237 g/mol. The number of amides is 1. The summed E-state index contributed by atoms with van der Waals surface area (Å²) in [7, 11) is 0. The van der Waals surface area contributed by atoms with Gasteiger partial charge in [0.2, 0.25) is 5.91 Å². The van der Waals surface area contributed by atoms with Crippen molar-refractivity contribution < 1.29 is 14.6 Å². The van der Waals surface area contributed by atoms with Crippen LogP contribution in [0.2, 0.25) is 0 Å². The lowest BCUT2D eigenvalue weighted by Crippen LogP contribution is -2.24. The van der Waals surface area contributed by atoms with Crippen molar-refractivity contribution in [3.8, 4) is 5.75 Å². The van der Waals surface area contributed by atoms with Crippen LogP contribution in [0.3, 0.4) is 0 Å². The molecule has 0 heterocycles. The standard InChI is InChI=1S/C13H19NO3/c1-2-14-13(16)8-10-17-12-6-4-3-5-11(12)7-9-15/h3-6,15H,2,7-10H2,1H3,(H,14,16). The van der Waals surface area contributed by atoms with Crippen LogP contribution in [0.25, 0.3) is 0 Å². The molecule has 2 N–H and O–H groups in total. The van der Waals surface area contributed by atoms with Gasteiger partial charge in [0.1, 0.15) is 5.75 Å². The highest BCUT2D eigenvalue weighted by molar-refractivity contribution is 5.75. The normalized spacial score (nSPS) is 10.0. The summed E-state index contributed by atoms with van der Waals surface area (Å²) in [6.45, 7) is 2.97. The molecule has 0 saturated heterocycles. The number of rotatable bonds is 7. The Bertz CT molecular complexity index is 352. The first-order valence-corrected chi connectivity index (χ1v) is 5.86. The zero-order valence-corrected chi connectivity index (χ0v) is 10.1. The Kier molecular flexibility index (Phi) is 6.10. The summed E-state index contributed by atoms with van der Waals surface area (Å²) >= 11 is 0. The van der Waals surface area contributed by atoms with E-state index in [-0.39, 0.29) is 12.5 Å². The number of benzene rings is 1. The van der Waals surface area contributed by atoms with Gasteiger partial charge in [0, 0.05) is 13.2 Å². The van der Waals surface area contributed by atoms with Crippen LogP contribution in [0.1, 0.15) is 18.9 Å². The van der Waals surface area contributed by atoms with E-state index in [2.05, 4.69) is 5.32 Å². The number of carbonyl (C=O) groups excluding carboxylic acids is 1. The molecule has 0 bridgehead atoms. The fraction of sp³-hybridized carbons (Fsp3) is 0.462. The third-order valence-electron chi connectivity index (χ3n) is 2.31. The van der Waals surface area contributed by atoms with Crippen molar-refractivity contribution in [1.82, 2.24) is 5.32 Å². The smallest absolute Gasteiger partial charge is 0.223 e. The predicted octanol–water partition coefficient (Wildman–Crippen LogP) is 1.13. The summed E-state index contributed by atoms with van der Waals surface area (Å²) in [5.74, 6) is 0.734. The summed E-state index contributed by atoms with van der Waals surface area (Å²) < 4.78 is 5.53. The van der Waals surface area contributed by atoms with Gasteiger partial charge in [0.15, 0.2) is 0 Å². The lowest BCUT2D eigenvalue weighted by atomic mass is 10.1. The van der Waals surface area contributed by atoms with Gasteiger partial charge in [-0.3, -0.25) is 4.79 Å². The Labute approximate surface area is 102 Å². The Morgan fingerprint density at radius 2 is 2.18 bits per heavy atom. The Hall–Kier alpha value is -1.55. The number of para-hydroxylation sites is 1. The molecule has 0 aliphatic rings. The molecule has 0 fully saturated rings. The number of aliphatic hydroxyl groups excluding tert-OH is 1. The molecule has 0 radical (unpaired) electrons. The van der Waals surface area contributed by atoms with E-state index < -0.39 is 0 Å². The second-order valence-electron chi connectivity index (χ2n) is 3.63. The molecule has 17 heavy (non-hydrogen) atoms. The van der Waals surface area contributed by atoms with Crippen molar-refractivity contribution >= 4 is 5.91 Å². The van der Waals surface area contributed by atoms with Crippen LogP contribution < -0.4 is 10.1 Å². The van der Waals surface area contributed by atoms with Gasteiger partial charge in [-0.15, -0.1) is 0 Å². The maximum Gasteiger partial charge on any atom is 0.223 e. The average molecular weight is 237 g/mol. The molecule has 0 saturated carbocycles. The third-order valence-corrected chi connectivity index (χ3v) is 2.31. The first-order chi connectivity index (χ1) is 8.27. The van der Waals surface area contributed by atoms with Crippen molar-refractivity contribution in [2.45, 2.75) is 19.8 Å². The SMILES string of the molecule is CCNC(=O)CCOc1ccccc1CCO. The molecule has 1 aromatic rings. The van der Waals surface area contributed by atoms with E-state index in [9.17, 15) is 4.79 Å². The van der Waals surface area contributed by atoms with Gasteiger partial charge in [-0.05, 0) is 25.0 Å². The van der Waals surface area contributed by atoms with Gasteiger partial charge >= 0.3 is 0 Å². The lowest BCUT2D eigenvalue weighted by Gasteiger charge is -2.10. The molecule has 0 unspecified atom stereocenters. The highest BCUT2D eigenvalue weighted by Gasteiger charge is 2.04. The quantitative estimate of drug-likeness (QED) is 0.747. The molecule has 0 aliphatic carbocycles. The van der Waals surface area contributed by atoms with Crippen LogP contribution in [0.5, 0.6) is 5.75 Å². The van der Waals surface area contributed by atoms with Crippen LogP contribution in [0.4, 0.5) is 0 Å². The largest absolute Gasteiger partial charge is 0.493 e. The first-order valence-electron chi connectivity index (χ1n) is 5.86. The van der Waals surface area contributed by atoms with Crippen LogP contribution >= 0.6 is 0 Å². The molecule has 1 amide bonds. The zero-order valence-electron chi connectivity index (χ0n) is 10.1. The second-order valence-corrected chi connectivity index (χ2v) is 3.63. The van der Waals surface area contributed by atoms with Crippen molar-refractivity contribution in [2.24, 2.45) is 0 Å². The molecular formula is C13H19NO3. The Morgan fingerprint density at radius 3 is 2.88 bits per heavy atom. The van der Waals surface area contributed by atoms with Crippen molar-refractivity contribution in [2.75, 3.05) is 19.8 Å². The highest BCUT2D eigenvalue weighted by atomic mass is 16.5. The van der Waals surface area contributed by atoms with E-state index in [1.54, 1.807) is 0 Å². The Balaban J connectivity index is 2.43. The van der Waals surface area contributed by atoms with Gasteiger partial charge < -0.3 is 15.2 Å². The van der Waals surface area contributed by atoms with E-state index in [1.165, 1.54) is 0 Å². The van der Waals surface area contributed by atoms with Crippen molar-refractivity contribution in [3.63, 3.8) is 0 Å². The molecular weight excluding hydrogens is 218 g/mol. The van der Waals surface area contributed by atoms with Gasteiger partial charge in [-0.2, -0.15) is 0 Å². The van der Waals surface area contributed by atoms with E-state index in [0.29, 0.717) is 26.0 Å². The fourth-order valence-corrected chi connectivity index (χ4v) is 1.51. The van der Waals surface area contributed by atoms with Crippen molar-refractivity contribution in [1.29, 1.82) is 0 Å². The van der Waals surface area contributed by atoms with E-state index in [0.717, 1.165) is 11.3 Å². The molecule has 0 aliphatic heterocycles. The van der Waals surface area contributed by atoms with Crippen molar-refractivity contribution in [3.05, 3.63) is 29.8 Å². The van der Waals surface area contributed by atoms with Gasteiger partial charge in [-0.1, -0.05) is 18.2 Å². The number of hydrogen-bond acceptors (Lipinski definition) is 3. The summed E-state index contributed by atoms with van der Waals surface area (Å²) in [5, 5.41) is 11.6. The van der Waals surface area contributed by atoms with E-state index in [4.69, 9.17) is 9.84 Å². The third kappa shape index (κ3) is 4.87. The van der Waals surface area contributed by atoms with E-state index >= 15 is 0 Å².